The third-order valence-electron chi connectivity index (χ3n) is 7.25. The number of thiophene rings is 1. The number of nitrogens with one attached hydrogen (secondary N) is 1. The summed E-state index contributed by atoms with van der Waals surface area (Å²) in [5, 5.41) is 29.9. The molecule has 2 aliphatic rings. The van der Waals surface area contributed by atoms with Gasteiger partial charge < -0.3 is 15.1 Å². The second-order valence-corrected chi connectivity index (χ2v) is 10.0. The largest absolute Gasteiger partial charge is 0.368 e. The predicted molar refractivity (Wildman–Crippen MR) is 126 cm³/mol. The zero-order chi connectivity index (χ0) is 21.9. The first-order valence-electron chi connectivity index (χ1n) is 11.7. The minimum atomic E-state index is -1.15. The number of aliphatic hydroxyl groups excluding tert-OH is 1. The van der Waals surface area contributed by atoms with Gasteiger partial charge in [0.1, 0.15) is 5.82 Å². The van der Waals surface area contributed by atoms with Crippen molar-refractivity contribution in [3.05, 3.63) is 35.2 Å². The van der Waals surface area contributed by atoms with Gasteiger partial charge >= 0.3 is 0 Å². The molecule has 32 heavy (non-hydrogen) atoms. The summed E-state index contributed by atoms with van der Waals surface area (Å²) >= 11 is 1.64. The minimum Gasteiger partial charge on any atom is -0.368 e. The molecule has 0 unspecified atom stereocenters. The van der Waals surface area contributed by atoms with Crippen LogP contribution in [0, 0.1) is 17.8 Å². The van der Waals surface area contributed by atoms with Crippen LogP contribution in [0.5, 0.6) is 0 Å². The Balaban J connectivity index is 1.14. The van der Waals surface area contributed by atoms with Gasteiger partial charge in [0, 0.05) is 42.2 Å². The Hall–Kier alpha value is -2.29. The number of nitrogens with zero attached hydrogens (tertiary/aromatic N) is 4. The van der Waals surface area contributed by atoms with E-state index in [1.165, 1.54) is 25.7 Å². The quantitative estimate of drug-likeness (QED) is 0.481. The van der Waals surface area contributed by atoms with Gasteiger partial charge in [-0.1, -0.05) is 0 Å². The van der Waals surface area contributed by atoms with Crippen LogP contribution in [0.15, 0.2) is 35.2 Å². The van der Waals surface area contributed by atoms with Crippen molar-refractivity contribution in [3.63, 3.8) is 0 Å². The average molecular weight is 454 g/mol. The molecule has 5 rings (SSSR count). The lowest BCUT2D eigenvalue weighted by atomic mass is 9.72. The molecule has 3 aromatic heterocycles. The van der Waals surface area contributed by atoms with Crippen LogP contribution in [0.4, 0.5) is 5.82 Å². The fraction of sp³-hybridized carbons (Fsp3) is 0.542. The SMILES string of the molecule is OC(O)CC1CCC(C2CCN(c3ccc(-c4nc(-c5ccsc5)n[nH]4)cn3)CC2)CC1. The molecule has 2 fully saturated rings. The number of hydrogen-bond donors (Lipinski definition) is 3. The van der Waals surface area contributed by atoms with E-state index in [1.807, 2.05) is 23.0 Å². The molecular formula is C24H31N5O2S. The molecule has 4 heterocycles. The number of pyridine rings is 1. The van der Waals surface area contributed by atoms with E-state index >= 15 is 0 Å². The molecule has 170 valence electrons. The van der Waals surface area contributed by atoms with Gasteiger partial charge in [-0.2, -0.15) is 16.4 Å². The highest BCUT2D eigenvalue weighted by Gasteiger charge is 2.31. The van der Waals surface area contributed by atoms with Crippen LogP contribution in [0.3, 0.4) is 0 Å². The Morgan fingerprint density at radius 3 is 2.44 bits per heavy atom. The molecule has 0 atom stereocenters. The van der Waals surface area contributed by atoms with Crippen molar-refractivity contribution in [2.45, 2.75) is 51.2 Å². The van der Waals surface area contributed by atoms with Crippen molar-refractivity contribution in [1.29, 1.82) is 0 Å². The number of aromatic nitrogens is 4. The summed E-state index contributed by atoms with van der Waals surface area (Å²) in [6.07, 6.45) is 8.46. The van der Waals surface area contributed by atoms with Crippen LogP contribution in [-0.2, 0) is 0 Å². The van der Waals surface area contributed by atoms with E-state index in [-0.39, 0.29) is 0 Å². The number of H-pyrrole nitrogens is 1. The van der Waals surface area contributed by atoms with E-state index < -0.39 is 6.29 Å². The molecular weight excluding hydrogens is 422 g/mol. The maximum Gasteiger partial charge on any atom is 0.182 e. The van der Waals surface area contributed by atoms with Gasteiger partial charge in [-0.25, -0.2) is 9.97 Å². The summed E-state index contributed by atoms with van der Waals surface area (Å²) in [5.74, 6) is 4.56. The molecule has 0 amide bonds. The van der Waals surface area contributed by atoms with Crippen molar-refractivity contribution < 1.29 is 10.2 Å². The molecule has 1 saturated heterocycles. The van der Waals surface area contributed by atoms with Crippen LogP contribution < -0.4 is 4.90 Å². The second-order valence-electron chi connectivity index (χ2n) is 9.25. The van der Waals surface area contributed by atoms with Crippen molar-refractivity contribution in [1.82, 2.24) is 20.2 Å². The van der Waals surface area contributed by atoms with Crippen LogP contribution in [0.1, 0.15) is 44.9 Å². The molecule has 1 aliphatic carbocycles. The highest BCUT2D eigenvalue weighted by atomic mass is 32.1. The smallest absolute Gasteiger partial charge is 0.182 e. The van der Waals surface area contributed by atoms with Gasteiger partial charge in [0.2, 0.25) is 0 Å². The third-order valence-corrected chi connectivity index (χ3v) is 7.94. The molecule has 7 nitrogen and oxygen atoms in total. The number of rotatable bonds is 6. The zero-order valence-electron chi connectivity index (χ0n) is 18.2. The average Bonchev–Trinajstić information content (AvgIpc) is 3.52. The highest BCUT2D eigenvalue weighted by Crippen LogP contribution is 2.39. The zero-order valence-corrected chi connectivity index (χ0v) is 19.0. The molecule has 1 aliphatic heterocycles. The summed E-state index contributed by atoms with van der Waals surface area (Å²) in [5.41, 5.74) is 1.98. The van der Waals surface area contributed by atoms with Gasteiger partial charge in [0.15, 0.2) is 17.9 Å². The van der Waals surface area contributed by atoms with Crippen molar-refractivity contribution >= 4 is 17.2 Å². The lowest BCUT2D eigenvalue weighted by Gasteiger charge is -2.39. The summed E-state index contributed by atoms with van der Waals surface area (Å²) < 4.78 is 0. The minimum absolute atomic E-state index is 0.486. The van der Waals surface area contributed by atoms with Crippen molar-refractivity contribution in [2.75, 3.05) is 18.0 Å². The monoisotopic (exact) mass is 453 g/mol. The Kier molecular flexibility index (Phi) is 6.52. The third kappa shape index (κ3) is 4.87. The molecule has 0 bridgehead atoms. The van der Waals surface area contributed by atoms with E-state index in [0.717, 1.165) is 60.5 Å². The number of aliphatic hydroxyl groups is 2. The van der Waals surface area contributed by atoms with Crippen molar-refractivity contribution in [3.8, 4) is 22.8 Å². The second kappa shape index (κ2) is 9.68. The molecule has 8 heteroatoms. The first-order valence-corrected chi connectivity index (χ1v) is 12.6. The predicted octanol–water partition coefficient (Wildman–Crippen LogP) is 4.32. The molecule has 3 N–H and O–H groups in total. The van der Waals surface area contributed by atoms with Crippen LogP contribution in [0.2, 0.25) is 0 Å². The lowest BCUT2D eigenvalue weighted by molar-refractivity contribution is -0.0607. The van der Waals surface area contributed by atoms with E-state index in [0.29, 0.717) is 18.2 Å². The highest BCUT2D eigenvalue weighted by molar-refractivity contribution is 7.08. The van der Waals surface area contributed by atoms with E-state index in [4.69, 9.17) is 4.98 Å². The Morgan fingerprint density at radius 2 is 1.78 bits per heavy atom. The molecule has 0 aromatic carbocycles. The fourth-order valence-corrected chi connectivity index (χ4v) is 6.05. The van der Waals surface area contributed by atoms with Gasteiger partial charge in [-0.15, -0.1) is 0 Å². The number of hydrogen-bond acceptors (Lipinski definition) is 7. The number of aromatic amines is 1. The maximum absolute atomic E-state index is 9.21. The molecule has 3 aromatic rings. The molecule has 0 radical (unpaired) electrons. The van der Waals surface area contributed by atoms with Gasteiger partial charge in [0.25, 0.3) is 0 Å². The maximum atomic E-state index is 9.21. The Labute approximate surface area is 192 Å². The molecule has 0 spiro atoms. The van der Waals surface area contributed by atoms with Crippen LogP contribution >= 0.6 is 11.3 Å². The summed E-state index contributed by atoms with van der Waals surface area (Å²) in [6.45, 7) is 2.10. The summed E-state index contributed by atoms with van der Waals surface area (Å²) in [7, 11) is 0. The van der Waals surface area contributed by atoms with E-state index in [1.54, 1.807) is 11.3 Å². The topological polar surface area (TPSA) is 98.2 Å². The summed E-state index contributed by atoms with van der Waals surface area (Å²) in [6, 6.07) is 6.19. The number of piperidine rings is 1. The number of anilines is 1. The van der Waals surface area contributed by atoms with E-state index in [9.17, 15) is 10.2 Å². The summed E-state index contributed by atoms with van der Waals surface area (Å²) in [4.78, 5) is 11.7. The fourth-order valence-electron chi connectivity index (χ4n) is 5.42. The first kappa shape index (κ1) is 21.6. The normalized spacial score (nSPS) is 22.5. The first-order chi connectivity index (χ1) is 15.7. The van der Waals surface area contributed by atoms with E-state index in [2.05, 4.69) is 32.2 Å². The van der Waals surface area contributed by atoms with Gasteiger partial charge in [-0.05, 0) is 79.9 Å². The van der Waals surface area contributed by atoms with Gasteiger partial charge in [0.05, 0.1) is 0 Å². The Morgan fingerprint density at radius 1 is 1.00 bits per heavy atom. The standard InChI is InChI=1S/C24H31N5O2S/c30-22(31)13-16-1-3-17(4-2-16)18-7-10-29(11-8-18)21-6-5-19(14-25-21)23-26-24(28-27-23)20-9-12-32-15-20/h5-6,9,12,14-18,22,30-31H,1-4,7-8,10-11,13H2,(H,26,27,28). The van der Waals surface area contributed by atoms with Crippen LogP contribution in [-0.4, -0.2) is 49.8 Å². The van der Waals surface area contributed by atoms with Gasteiger partial charge in [-0.3, -0.25) is 5.10 Å². The van der Waals surface area contributed by atoms with Crippen molar-refractivity contribution in [2.24, 2.45) is 17.8 Å². The Bertz CT molecular complexity index is 972. The van der Waals surface area contributed by atoms with Crippen LogP contribution in [0.25, 0.3) is 22.8 Å². The molecule has 1 saturated carbocycles. The lowest BCUT2D eigenvalue weighted by Crippen LogP contribution is -2.37.